The average Bonchev–Trinajstić information content (AvgIpc) is 2.24. The number of carboxylic acid groups (broad SMARTS) is 1. The van der Waals surface area contributed by atoms with Gasteiger partial charge in [0.05, 0.1) is 10.5 Å². The van der Waals surface area contributed by atoms with E-state index in [1.165, 1.54) is 12.1 Å². The molecule has 0 atom stereocenters. The second-order valence-corrected chi connectivity index (χ2v) is 3.29. The molecule has 0 amide bonds. The minimum Gasteiger partial charge on any atom is -0.478 e. The highest BCUT2D eigenvalue weighted by Gasteiger charge is 2.18. The molecule has 1 aromatic carbocycles. The summed E-state index contributed by atoms with van der Waals surface area (Å²) in [5.41, 5.74) is 0.293. The molecule has 6 heteroatoms. The molecular weight excluding hydrogens is 224 g/mol. The van der Waals surface area contributed by atoms with Gasteiger partial charge < -0.3 is 5.11 Å². The van der Waals surface area contributed by atoms with Gasteiger partial charge in [0, 0.05) is 6.08 Å². The Hall–Kier alpha value is -2.68. The second kappa shape index (κ2) is 4.90. The van der Waals surface area contributed by atoms with E-state index in [1.807, 2.05) is 0 Å². The van der Waals surface area contributed by atoms with E-state index in [2.05, 4.69) is 0 Å². The zero-order valence-corrected chi connectivity index (χ0v) is 8.88. The van der Waals surface area contributed by atoms with Crippen LogP contribution >= 0.6 is 0 Å². The smallest absolute Gasteiger partial charge is 0.328 e. The molecule has 86 valence electrons. The zero-order chi connectivity index (χ0) is 13.0. The van der Waals surface area contributed by atoms with Gasteiger partial charge in [0.25, 0.3) is 5.69 Å². The van der Waals surface area contributed by atoms with Crippen LogP contribution in [0, 0.1) is 28.4 Å². The van der Waals surface area contributed by atoms with E-state index >= 15 is 0 Å². The van der Waals surface area contributed by atoms with Crippen LogP contribution in [0.5, 0.6) is 0 Å². The van der Waals surface area contributed by atoms with Gasteiger partial charge in [-0.05, 0) is 30.7 Å². The number of rotatable bonds is 3. The zero-order valence-electron chi connectivity index (χ0n) is 8.88. The lowest BCUT2D eigenvalue weighted by Crippen LogP contribution is -1.97. The summed E-state index contributed by atoms with van der Waals surface area (Å²) in [7, 11) is 0. The van der Waals surface area contributed by atoms with Crippen molar-refractivity contribution in [3.8, 4) is 6.07 Å². The van der Waals surface area contributed by atoms with Crippen LogP contribution in [-0.2, 0) is 4.79 Å². The van der Waals surface area contributed by atoms with E-state index in [0.29, 0.717) is 5.56 Å². The first-order chi connectivity index (χ1) is 7.95. The fraction of sp³-hybridized carbons (Fsp3) is 0.0909. The van der Waals surface area contributed by atoms with Crippen molar-refractivity contribution in [1.82, 2.24) is 0 Å². The summed E-state index contributed by atoms with van der Waals surface area (Å²) >= 11 is 0. The van der Waals surface area contributed by atoms with Crippen LogP contribution in [0.15, 0.2) is 18.2 Å². The number of hydrogen-bond acceptors (Lipinski definition) is 4. The molecule has 0 saturated carbocycles. The highest BCUT2D eigenvalue weighted by atomic mass is 16.6. The van der Waals surface area contributed by atoms with Crippen molar-refractivity contribution in [2.24, 2.45) is 0 Å². The largest absolute Gasteiger partial charge is 0.478 e. The number of aryl methyl sites for hydroxylation is 1. The predicted molar refractivity (Wildman–Crippen MR) is 59.2 cm³/mol. The summed E-state index contributed by atoms with van der Waals surface area (Å²) in [6, 6.07) is 4.56. The fourth-order valence-corrected chi connectivity index (χ4v) is 1.38. The highest BCUT2D eigenvalue weighted by molar-refractivity contribution is 5.86. The molecule has 0 unspecified atom stereocenters. The van der Waals surface area contributed by atoms with Gasteiger partial charge in [-0.2, -0.15) is 5.26 Å². The van der Waals surface area contributed by atoms with Crippen LogP contribution < -0.4 is 0 Å². The van der Waals surface area contributed by atoms with Crippen LogP contribution in [-0.4, -0.2) is 16.0 Å². The van der Waals surface area contributed by atoms with Crippen LogP contribution in [0.25, 0.3) is 6.08 Å². The molecule has 0 spiro atoms. The Morgan fingerprint density at radius 2 is 2.24 bits per heavy atom. The summed E-state index contributed by atoms with van der Waals surface area (Å²) in [4.78, 5) is 20.5. The van der Waals surface area contributed by atoms with E-state index in [9.17, 15) is 14.9 Å². The molecule has 1 rings (SSSR count). The summed E-state index contributed by atoms with van der Waals surface area (Å²) in [6.07, 6.45) is 1.90. The Bertz CT molecular complexity index is 555. The Morgan fingerprint density at radius 3 is 2.71 bits per heavy atom. The van der Waals surface area contributed by atoms with E-state index < -0.39 is 10.9 Å². The third-order valence-corrected chi connectivity index (χ3v) is 1.99. The molecule has 0 radical (unpaired) electrons. The molecule has 0 saturated heterocycles. The molecule has 0 heterocycles. The first-order valence-electron chi connectivity index (χ1n) is 4.56. The number of aliphatic carboxylic acids is 1. The van der Waals surface area contributed by atoms with E-state index in [4.69, 9.17) is 10.4 Å². The number of carbonyl (C=O) groups is 1. The normalized spacial score (nSPS) is 10.1. The molecule has 0 aliphatic heterocycles. The lowest BCUT2D eigenvalue weighted by Gasteiger charge is -2.01. The number of hydrogen-bond donors (Lipinski definition) is 1. The van der Waals surface area contributed by atoms with Crippen molar-refractivity contribution in [2.75, 3.05) is 0 Å². The van der Waals surface area contributed by atoms with Gasteiger partial charge in [0.1, 0.15) is 11.6 Å². The maximum absolute atomic E-state index is 10.8. The van der Waals surface area contributed by atoms with E-state index in [1.54, 1.807) is 13.0 Å². The Balaban J connectivity index is 3.47. The molecule has 1 N–H and O–H groups in total. The maximum atomic E-state index is 10.8. The van der Waals surface area contributed by atoms with E-state index in [-0.39, 0.29) is 16.8 Å². The second-order valence-electron chi connectivity index (χ2n) is 3.29. The molecule has 6 nitrogen and oxygen atoms in total. The van der Waals surface area contributed by atoms with Gasteiger partial charge in [-0.1, -0.05) is 0 Å². The van der Waals surface area contributed by atoms with Crippen LogP contribution in [0.2, 0.25) is 0 Å². The monoisotopic (exact) mass is 232 g/mol. The van der Waals surface area contributed by atoms with Crippen molar-refractivity contribution in [1.29, 1.82) is 5.26 Å². The quantitative estimate of drug-likeness (QED) is 0.486. The van der Waals surface area contributed by atoms with Crippen LogP contribution in [0.3, 0.4) is 0 Å². The lowest BCUT2D eigenvalue weighted by molar-refractivity contribution is -0.385. The molecule has 0 aliphatic rings. The SMILES string of the molecule is Cc1cc(C#N)c([N+](=O)[O-])c(/C=C/C(=O)O)c1. The summed E-state index contributed by atoms with van der Waals surface area (Å²) < 4.78 is 0. The molecular formula is C11H8N2O4. The Kier molecular flexibility index (Phi) is 3.57. The van der Waals surface area contributed by atoms with E-state index in [0.717, 1.165) is 12.2 Å². The number of carboxylic acids is 1. The molecule has 0 bridgehead atoms. The minimum atomic E-state index is -1.21. The predicted octanol–water partition coefficient (Wildman–Crippen LogP) is 1.87. The first kappa shape index (κ1) is 12.4. The third-order valence-electron chi connectivity index (χ3n) is 1.99. The standard InChI is InChI=1S/C11H8N2O4/c1-7-4-8(2-3-10(14)15)11(13(16)17)9(5-7)6-12/h2-5H,1H3,(H,14,15)/b3-2+. The van der Waals surface area contributed by atoms with Crippen molar-refractivity contribution in [3.05, 3.63) is 45.0 Å². The van der Waals surface area contributed by atoms with Gasteiger partial charge in [0.2, 0.25) is 0 Å². The minimum absolute atomic E-state index is 0.0833. The van der Waals surface area contributed by atoms with Crippen LogP contribution in [0.1, 0.15) is 16.7 Å². The summed E-state index contributed by atoms with van der Waals surface area (Å²) in [5, 5.41) is 28.1. The molecule has 17 heavy (non-hydrogen) atoms. The van der Waals surface area contributed by atoms with Crippen molar-refractivity contribution < 1.29 is 14.8 Å². The first-order valence-corrected chi connectivity index (χ1v) is 4.56. The molecule has 1 aromatic rings. The summed E-state index contributed by atoms with van der Waals surface area (Å²) in [5.74, 6) is -1.21. The van der Waals surface area contributed by atoms with Gasteiger partial charge in [0.15, 0.2) is 0 Å². The van der Waals surface area contributed by atoms with Crippen molar-refractivity contribution >= 4 is 17.7 Å². The maximum Gasteiger partial charge on any atom is 0.328 e. The Morgan fingerprint density at radius 1 is 1.59 bits per heavy atom. The van der Waals surface area contributed by atoms with Gasteiger partial charge >= 0.3 is 5.97 Å². The molecule has 0 aromatic heterocycles. The van der Waals surface area contributed by atoms with Crippen molar-refractivity contribution in [2.45, 2.75) is 6.92 Å². The van der Waals surface area contributed by atoms with Gasteiger partial charge in [-0.15, -0.1) is 0 Å². The topological polar surface area (TPSA) is 104 Å². The Labute approximate surface area is 96.6 Å². The van der Waals surface area contributed by atoms with Gasteiger partial charge in [-0.3, -0.25) is 10.1 Å². The lowest BCUT2D eigenvalue weighted by atomic mass is 10.0. The number of benzene rings is 1. The number of nitriles is 1. The number of nitro benzene ring substituents is 1. The number of nitrogens with zero attached hydrogens (tertiary/aromatic N) is 2. The average molecular weight is 232 g/mol. The summed E-state index contributed by atoms with van der Waals surface area (Å²) in [6.45, 7) is 1.67. The van der Waals surface area contributed by atoms with Gasteiger partial charge in [-0.25, -0.2) is 4.79 Å². The van der Waals surface area contributed by atoms with Crippen LogP contribution in [0.4, 0.5) is 5.69 Å². The highest BCUT2D eigenvalue weighted by Crippen LogP contribution is 2.26. The fourth-order valence-electron chi connectivity index (χ4n) is 1.38. The molecule has 0 aliphatic carbocycles. The number of nitro groups is 1. The molecule has 0 fully saturated rings. The van der Waals surface area contributed by atoms with Crippen molar-refractivity contribution in [3.63, 3.8) is 0 Å². The third kappa shape index (κ3) is 2.89.